The van der Waals surface area contributed by atoms with Crippen molar-refractivity contribution < 1.29 is 9.59 Å². The average Bonchev–Trinajstić information content (AvgIpc) is 3.62. The van der Waals surface area contributed by atoms with Gasteiger partial charge in [-0.15, -0.1) is 0 Å². The molecule has 2 aromatic carbocycles. The summed E-state index contributed by atoms with van der Waals surface area (Å²) in [5.74, 6) is 0.0403. The van der Waals surface area contributed by atoms with E-state index in [0.717, 1.165) is 27.9 Å². The first kappa shape index (κ1) is 21.0. The van der Waals surface area contributed by atoms with Crippen molar-refractivity contribution in [3.05, 3.63) is 96.0 Å². The summed E-state index contributed by atoms with van der Waals surface area (Å²) >= 11 is 0. The molecule has 0 unspecified atom stereocenters. The molecule has 172 valence electrons. The number of carbonyl (C=O) groups is 2. The highest BCUT2D eigenvalue weighted by Gasteiger charge is 2.36. The van der Waals surface area contributed by atoms with Gasteiger partial charge >= 0.3 is 0 Å². The lowest BCUT2D eigenvalue weighted by molar-refractivity contribution is -0.125. The highest BCUT2D eigenvalue weighted by atomic mass is 16.2. The Hall–Kier alpha value is -4.59. The van der Waals surface area contributed by atoms with Crippen LogP contribution in [0.2, 0.25) is 0 Å². The fourth-order valence-corrected chi connectivity index (χ4v) is 4.62. The number of hydrogen-bond donors (Lipinski definition) is 1. The van der Waals surface area contributed by atoms with Crippen LogP contribution in [0.4, 0.5) is 0 Å². The van der Waals surface area contributed by atoms with Crippen LogP contribution in [0.3, 0.4) is 0 Å². The normalized spacial score (nSPS) is 17.3. The van der Waals surface area contributed by atoms with Gasteiger partial charge in [-0.3, -0.25) is 14.6 Å². The van der Waals surface area contributed by atoms with Crippen LogP contribution in [0.5, 0.6) is 0 Å². The smallest absolute Gasteiger partial charge is 0.257 e. The molecule has 1 fully saturated rings. The third kappa shape index (κ3) is 4.10. The van der Waals surface area contributed by atoms with E-state index in [9.17, 15) is 9.59 Å². The second-order valence-electron chi connectivity index (χ2n) is 8.78. The molecule has 0 radical (unpaired) electrons. The summed E-state index contributed by atoms with van der Waals surface area (Å²) in [5.41, 5.74) is 5.94. The first-order valence-electron chi connectivity index (χ1n) is 11.4. The number of H-pyrrole nitrogens is 1. The van der Waals surface area contributed by atoms with Crippen LogP contribution >= 0.6 is 0 Å². The van der Waals surface area contributed by atoms with Gasteiger partial charge < -0.3 is 9.80 Å². The van der Waals surface area contributed by atoms with Gasteiger partial charge in [-0.05, 0) is 41.5 Å². The van der Waals surface area contributed by atoms with E-state index < -0.39 is 0 Å². The predicted octanol–water partition coefficient (Wildman–Crippen LogP) is 3.53. The summed E-state index contributed by atoms with van der Waals surface area (Å²) in [4.78, 5) is 33.7. The van der Waals surface area contributed by atoms with Gasteiger partial charge in [0.2, 0.25) is 5.91 Å². The Morgan fingerprint density at radius 1 is 0.943 bits per heavy atom. The molecule has 0 aliphatic carbocycles. The van der Waals surface area contributed by atoms with E-state index in [-0.39, 0.29) is 17.7 Å². The Kier molecular flexibility index (Phi) is 5.18. The maximum Gasteiger partial charge on any atom is 0.257 e. The van der Waals surface area contributed by atoms with Gasteiger partial charge in [0.05, 0.1) is 5.69 Å². The molecule has 1 atom stereocenters. The lowest BCUT2D eigenvalue weighted by Gasteiger charge is -2.19. The minimum Gasteiger partial charge on any atom is -0.334 e. The molecule has 2 aliphatic rings. The number of likely N-dealkylation sites (tertiary alicyclic amines) is 1. The van der Waals surface area contributed by atoms with Crippen molar-refractivity contribution in [1.29, 1.82) is 0 Å². The Bertz CT molecular complexity index is 1470. The first-order chi connectivity index (χ1) is 17.1. The third-order valence-electron chi connectivity index (χ3n) is 6.50. The molecule has 2 aliphatic heterocycles. The number of rotatable bonds is 4. The molecule has 4 aromatic rings. The Morgan fingerprint density at radius 3 is 2.60 bits per heavy atom. The van der Waals surface area contributed by atoms with Crippen LogP contribution in [0.15, 0.2) is 84.7 Å². The molecule has 35 heavy (non-hydrogen) atoms. The summed E-state index contributed by atoms with van der Waals surface area (Å²) in [5, 5.41) is 10.6. The number of amides is 2. The Labute approximate surface area is 201 Å². The maximum atomic E-state index is 13.0. The van der Waals surface area contributed by atoms with Gasteiger partial charge in [0.1, 0.15) is 11.0 Å². The number of fused-ring (bicyclic) bond motifs is 2. The quantitative estimate of drug-likeness (QED) is 0.468. The molecule has 1 N–H and O–H groups in total. The first-order valence-corrected chi connectivity index (χ1v) is 11.4. The molecule has 0 bridgehead atoms. The highest BCUT2D eigenvalue weighted by Crippen LogP contribution is 2.31. The molecular weight excluding hydrogens is 440 g/mol. The fraction of sp³-hybridized carbons (Fsp3) is 0.148. The van der Waals surface area contributed by atoms with Crippen LogP contribution in [-0.4, -0.2) is 61.6 Å². The summed E-state index contributed by atoms with van der Waals surface area (Å²) in [7, 11) is 0. The van der Waals surface area contributed by atoms with Gasteiger partial charge in [-0.1, -0.05) is 36.4 Å². The summed E-state index contributed by atoms with van der Waals surface area (Å²) < 4.78 is 0. The third-order valence-corrected chi connectivity index (χ3v) is 6.50. The zero-order valence-electron chi connectivity index (χ0n) is 18.8. The SMILES string of the molecule is O=C(c1ccc2n[nH]nc2c1)N1C=C2CN(C(=O)C=Cc3ccc(-c4ccccc4)cn3)C[C@@H]2C1. The number of hydrogen-bond acceptors (Lipinski definition) is 5. The van der Waals surface area contributed by atoms with Crippen LogP contribution in [0.1, 0.15) is 16.1 Å². The van der Waals surface area contributed by atoms with Crippen molar-refractivity contribution in [2.75, 3.05) is 19.6 Å². The van der Waals surface area contributed by atoms with E-state index in [1.54, 1.807) is 35.3 Å². The zero-order chi connectivity index (χ0) is 23.8. The van der Waals surface area contributed by atoms with E-state index >= 15 is 0 Å². The van der Waals surface area contributed by atoms with E-state index in [1.807, 2.05) is 59.8 Å². The lowest BCUT2D eigenvalue weighted by atomic mass is 10.1. The van der Waals surface area contributed by atoms with Crippen molar-refractivity contribution >= 4 is 28.9 Å². The minimum atomic E-state index is -0.0698. The minimum absolute atomic E-state index is 0.0522. The summed E-state index contributed by atoms with van der Waals surface area (Å²) in [6, 6.07) is 19.3. The molecular formula is C27H22N6O2. The molecule has 2 amide bonds. The molecule has 0 spiro atoms. The maximum absolute atomic E-state index is 13.0. The van der Waals surface area contributed by atoms with Crippen LogP contribution in [0, 0.1) is 5.92 Å². The monoisotopic (exact) mass is 462 g/mol. The van der Waals surface area contributed by atoms with E-state index in [0.29, 0.717) is 30.7 Å². The number of benzene rings is 2. The zero-order valence-corrected chi connectivity index (χ0v) is 18.8. The molecule has 1 saturated heterocycles. The van der Waals surface area contributed by atoms with Crippen molar-refractivity contribution in [2.24, 2.45) is 5.92 Å². The van der Waals surface area contributed by atoms with E-state index in [1.165, 1.54) is 0 Å². The number of nitrogens with zero attached hydrogens (tertiary/aromatic N) is 5. The van der Waals surface area contributed by atoms with Gasteiger partial charge in [0, 0.05) is 55.2 Å². The van der Waals surface area contributed by atoms with Gasteiger partial charge in [0.15, 0.2) is 0 Å². The standard InChI is InChI=1S/C27H22N6O2/c34-26(11-9-23-8-6-20(13-28-23)18-4-2-1-3-5-18)32-14-21-16-33(17-22(21)15-32)27(35)19-7-10-24-25(12-19)30-31-29-24/h1-13,16,22H,14-15,17H2,(H,29,30,31)/t22-/m1/s1. The Morgan fingerprint density at radius 2 is 1.80 bits per heavy atom. The molecule has 6 rings (SSSR count). The second-order valence-corrected chi connectivity index (χ2v) is 8.78. The van der Waals surface area contributed by atoms with Crippen molar-refractivity contribution in [1.82, 2.24) is 30.2 Å². The van der Waals surface area contributed by atoms with Crippen molar-refractivity contribution in [2.45, 2.75) is 0 Å². The van der Waals surface area contributed by atoms with E-state index in [2.05, 4.69) is 20.4 Å². The van der Waals surface area contributed by atoms with E-state index in [4.69, 9.17) is 0 Å². The molecule has 8 nitrogen and oxygen atoms in total. The van der Waals surface area contributed by atoms with Gasteiger partial charge in [-0.25, -0.2) is 0 Å². The van der Waals surface area contributed by atoms with Gasteiger partial charge in [-0.2, -0.15) is 15.4 Å². The molecule has 4 heterocycles. The molecule has 0 saturated carbocycles. The Balaban J connectivity index is 1.08. The number of pyridine rings is 1. The largest absolute Gasteiger partial charge is 0.334 e. The average molecular weight is 463 g/mol. The molecule has 8 heteroatoms. The molecule has 2 aromatic heterocycles. The number of carbonyl (C=O) groups excluding carboxylic acids is 2. The van der Waals surface area contributed by atoms with Gasteiger partial charge in [0.25, 0.3) is 5.91 Å². The fourth-order valence-electron chi connectivity index (χ4n) is 4.62. The number of aromatic amines is 1. The van der Waals surface area contributed by atoms with Crippen LogP contribution in [-0.2, 0) is 4.79 Å². The van der Waals surface area contributed by atoms with Crippen molar-refractivity contribution in [3.63, 3.8) is 0 Å². The number of aromatic nitrogens is 4. The highest BCUT2D eigenvalue weighted by molar-refractivity contribution is 5.98. The van der Waals surface area contributed by atoms with Crippen LogP contribution < -0.4 is 0 Å². The summed E-state index contributed by atoms with van der Waals surface area (Å²) in [6.45, 7) is 1.70. The topological polar surface area (TPSA) is 95.1 Å². The predicted molar refractivity (Wildman–Crippen MR) is 132 cm³/mol. The van der Waals surface area contributed by atoms with Crippen molar-refractivity contribution in [3.8, 4) is 11.1 Å². The summed E-state index contributed by atoms with van der Waals surface area (Å²) in [6.07, 6.45) is 7.02. The van der Waals surface area contributed by atoms with Crippen LogP contribution in [0.25, 0.3) is 28.2 Å². The number of nitrogens with one attached hydrogen (secondary N) is 1. The second kappa shape index (κ2) is 8.64. The lowest BCUT2D eigenvalue weighted by Crippen LogP contribution is -2.32.